The van der Waals surface area contributed by atoms with Crippen molar-refractivity contribution in [3.05, 3.63) is 113 Å². The molecule has 4 aromatic carbocycles. The van der Waals surface area contributed by atoms with Gasteiger partial charge in [0.15, 0.2) is 0 Å². The first-order valence-corrected chi connectivity index (χ1v) is 46.0. The van der Waals surface area contributed by atoms with Gasteiger partial charge in [-0.2, -0.15) is 0 Å². The molecule has 6 aliphatic heterocycles. The van der Waals surface area contributed by atoms with E-state index in [2.05, 4.69) is 270 Å². The van der Waals surface area contributed by atoms with E-state index in [0.29, 0.717) is 52.9 Å². The van der Waals surface area contributed by atoms with Crippen LogP contribution >= 0.6 is 0 Å². The molecule has 6 fully saturated rings. The van der Waals surface area contributed by atoms with Gasteiger partial charge in [-0.25, -0.2) is 9.59 Å². The van der Waals surface area contributed by atoms with Crippen LogP contribution < -0.4 is 35.5 Å². The molecule has 9 atom stereocenters. The summed E-state index contributed by atoms with van der Waals surface area (Å²) in [5.74, 6) is 95.1. The van der Waals surface area contributed by atoms with E-state index in [0.717, 1.165) is 22.3 Å². The number of rotatable bonds is 21. The van der Waals surface area contributed by atoms with Gasteiger partial charge < -0.3 is 78.6 Å². The number of ether oxygens (including phenoxy) is 6. The number of hydrogen-bond acceptors (Lipinski definition) is 18. The fourth-order valence-corrected chi connectivity index (χ4v) is 17.2. The molecular weight excluding hydrogens is 1850 g/mol. The van der Waals surface area contributed by atoms with Gasteiger partial charge in [-0.1, -0.05) is 48.5 Å². The largest absolute Gasteiger partial charge is 0.489 e. The van der Waals surface area contributed by atoms with E-state index in [9.17, 15) is 28.8 Å². The number of furan rings is 1. The number of aryl methyl sites for hydroxylation is 1. The second-order valence-corrected chi connectivity index (χ2v) is 34.0. The number of terminal acetylenes is 2. The third-order valence-electron chi connectivity index (χ3n) is 23.1. The quantitative estimate of drug-likeness (QED) is 0.0373. The van der Waals surface area contributed by atoms with E-state index in [-0.39, 0.29) is 128 Å². The van der Waals surface area contributed by atoms with Crippen LogP contribution in [-0.4, -0.2) is 207 Å². The first-order valence-electron chi connectivity index (χ1n) is 46.0. The maximum absolute atomic E-state index is 15.5. The molecule has 6 saturated heterocycles. The Labute approximate surface area is 848 Å². The summed E-state index contributed by atoms with van der Waals surface area (Å²) in [4.78, 5) is 166. The number of nitrogens with zero attached hydrogens (tertiary/aromatic N) is 6. The highest BCUT2D eigenvalue weighted by atomic mass is 16.6. The lowest BCUT2D eigenvalue weighted by atomic mass is 9.98. The highest BCUT2D eigenvalue weighted by molar-refractivity contribution is 5.99. The SMILES string of the molecule is C#CC#CC#CC#CC#CC#CC#CC#CC#CC#CC#COc1cc(COc2ccc3c(C)c(COC(=O)CCNC(=O)[C@@H]4CCCN4C(=O)[C@@H]4C[C@H](NC(C)=O)CN4C(=O)[C@@H]4CCCN4C(=O)[C@@H]4C[C@H](NC(C)=O)CN4C(=O)[C@@H]4CCCN4C(=O)[C@@H]4C[C@H](NC(=O)OC(C)(C)C)CN4C(=O)OCC4c5ccccc5-c5ccccc54)oc3c2)cc(OC#CC#CC#CC#CC#CC#CC#CC#CC#CC#CC#C)c1. The number of likely N-dealkylation sites (tertiary alicyclic amines) is 6. The van der Waals surface area contributed by atoms with E-state index in [1.165, 1.54) is 49.3 Å². The Morgan fingerprint density at radius 3 is 1.23 bits per heavy atom. The molecule has 718 valence electrons. The Morgan fingerprint density at radius 2 is 0.801 bits per heavy atom. The number of nitrogens with one attached hydrogen (secondary N) is 4. The number of esters is 1. The van der Waals surface area contributed by atoms with Crippen LogP contribution in [0.15, 0.2) is 89.3 Å². The predicted molar refractivity (Wildman–Crippen MR) is 537 cm³/mol. The monoisotopic (exact) mass is 1930 g/mol. The topological polar surface area (TPSA) is 324 Å². The van der Waals surface area contributed by atoms with E-state index in [4.69, 9.17) is 45.7 Å². The summed E-state index contributed by atoms with van der Waals surface area (Å²) < 4.78 is 41.2. The van der Waals surface area contributed by atoms with Gasteiger partial charge >= 0.3 is 18.2 Å². The van der Waals surface area contributed by atoms with E-state index >= 15 is 24.0 Å². The Kier molecular flexibility index (Phi) is 38.2. The second kappa shape index (κ2) is 53.2. The summed E-state index contributed by atoms with van der Waals surface area (Å²) >= 11 is 0. The number of alkyl carbamates (subject to hydrolysis) is 1. The van der Waals surface area contributed by atoms with E-state index in [1.54, 1.807) is 58.0 Å². The van der Waals surface area contributed by atoms with Crippen LogP contribution in [0.5, 0.6) is 17.2 Å². The van der Waals surface area contributed by atoms with Crippen molar-refractivity contribution >= 4 is 76.4 Å². The average molecular weight is 1930 g/mol. The smallest absolute Gasteiger partial charge is 0.410 e. The van der Waals surface area contributed by atoms with Gasteiger partial charge in [-0.05, 0) is 232 Å². The lowest BCUT2D eigenvalue weighted by Crippen LogP contribution is -2.58. The van der Waals surface area contributed by atoms with Gasteiger partial charge in [-0.3, -0.25) is 48.1 Å². The van der Waals surface area contributed by atoms with Gasteiger partial charge in [0.1, 0.15) is 102 Å². The Bertz CT molecular complexity index is 7410. The summed E-state index contributed by atoms with van der Waals surface area (Å²) in [6, 6.07) is 16.6. The molecule has 146 heavy (non-hydrogen) atoms. The highest BCUT2D eigenvalue weighted by Gasteiger charge is 2.54. The van der Waals surface area contributed by atoms with Crippen molar-refractivity contribution in [3.8, 4) is 290 Å². The zero-order valence-corrected chi connectivity index (χ0v) is 80.2. The molecule has 28 nitrogen and oxygen atoms in total. The molecule has 1 aromatic heterocycles. The molecule has 0 radical (unpaired) electrons. The van der Waals surface area contributed by atoms with Crippen molar-refractivity contribution in [1.82, 2.24) is 50.7 Å². The van der Waals surface area contributed by atoms with Crippen molar-refractivity contribution < 1.29 is 85.6 Å². The van der Waals surface area contributed by atoms with Crippen molar-refractivity contribution in [1.29, 1.82) is 0 Å². The normalized spacial score (nSPS) is 17.4. The number of fused-ring (bicyclic) bond motifs is 4. The third kappa shape index (κ3) is 30.2. The fourth-order valence-electron chi connectivity index (χ4n) is 17.2. The molecule has 5 aromatic rings. The molecule has 12 rings (SSSR count). The molecule has 0 unspecified atom stereocenters. The highest BCUT2D eigenvalue weighted by Crippen LogP contribution is 2.45. The van der Waals surface area contributed by atoms with Gasteiger partial charge in [0, 0.05) is 243 Å². The standard InChI is InChI=1S/C118H88N10O18/c1-9-11-13-15-17-19-21-23-25-27-29-31-33-35-37-39-41-43-45-51-70-140-93-72-88(73-94(77-93)141-71-52-46-44-42-40-38-36-34-32-30-28-26-24-22-20-18-16-14-12-10-2)82-142-92-63-64-95-85(3)108(145-107(95)78-92)84-143-109(131)65-66-119-110(132)101-60-53-67-123(101)113(135)104-74-89(120-86(4)129)79-126(104)111(133)102-61-54-68-124(102)114(136)105-75-90(121-87(5)130)80-127(105)112(134)103-62-55-69-125(103)115(137)106-76-91(122-116(138)146-118(6,7)8)81-128(106)117(139)144-83-100-98-58-49-47-56-96(98)97-57-48-50-59-99(97)100/h1-2,47-50,56-59,63-64,72-73,77-78,89-91,100-106H,53-55,60-62,65-69,74-76,79-84H2,3-8H3,(H,119,132)(H,120,129)(H,121,130)(H,122,138)/t89-,90-,91-,101-,102-,103-,104-,105-,106-/m0/s1. The minimum Gasteiger partial charge on any atom is -0.489 e. The number of hydrogen-bond donors (Lipinski definition) is 4. The van der Waals surface area contributed by atoms with Crippen molar-refractivity contribution in [2.24, 2.45) is 0 Å². The Balaban J connectivity index is 0.647. The zero-order chi connectivity index (χ0) is 104. The minimum atomic E-state index is -1.24. The molecule has 0 saturated carbocycles. The zero-order valence-electron chi connectivity index (χ0n) is 80.2. The molecule has 4 N–H and O–H groups in total. The van der Waals surface area contributed by atoms with Crippen LogP contribution in [0.2, 0.25) is 0 Å². The van der Waals surface area contributed by atoms with Crippen molar-refractivity contribution in [2.45, 2.75) is 185 Å². The van der Waals surface area contributed by atoms with E-state index < -0.39 is 125 Å². The molecule has 1 aliphatic carbocycles. The molecule has 0 spiro atoms. The molecule has 28 heteroatoms. The predicted octanol–water partition coefficient (Wildman–Crippen LogP) is 5.98. The van der Waals surface area contributed by atoms with Gasteiger partial charge in [-0.15, -0.1) is 12.8 Å². The van der Waals surface area contributed by atoms with Crippen molar-refractivity contribution in [2.75, 3.05) is 52.4 Å². The Morgan fingerprint density at radius 1 is 0.418 bits per heavy atom. The summed E-state index contributed by atoms with van der Waals surface area (Å²) in [7, 11) is 0. The van der Waals surface area contributed by atoms with Crippen LogP contribution in [0.1, 0.15) is 133 Å². The number of amides is 10. The summed E-state index contributed by atoms with van der Waals surface area (Å²) in [6.45, 7) is 8.98. The van der Waals surface area contributed by atoms with Crippen LogP contribution in [-0.2, 0) is 70.6 Å². The average Bonchev–Trinajstić information content (AvgIpc) is 1.61. The molecule has 10 amide bonds. The summed E-state index contributed by atoms with van der Waals surface area (Å²) in [5, 5.41) is 12.0. The van der Waals surface area contributed by atoms with Crippen LogP contribution in [0.25, 0.3) is 22.1 Å². The maximum Gasteiger partial charge on any atom is 0.410 e. The maximum atomic E-state index is 15.5. The van der Waals surface area contributed by atoms with Gasteiger partial charge in [0.25, 0.3) is 0 Å². The van der Waals surface area contributed by atoms with Crippen LogP contribution in [0, 0.1) is 269 Å². The first-order chi connectivity index (χ1) is 70.8. The second-order valence-electron chi connectivity index (χ2n) is 34.0. The van der Waals surface area contributed by atoms with Crippen molar-refractivity contribution in [3.63, 3.8) is 0 Å². The summed E-state index contributed by atoms with van der Waals surface area (Å²) in [5.41, 5.74) is 4.76. The summed E-state index contributed by atoms with van der Waals surface area (Å²) in [6.07, 6.45) is 14.9. The fraction of sp³-hybridized carbons (Fsp3) is 0.314. The third-order valence-corrected chi connectivity index (χ3v) is 23.1. The number of benzene rings is 4. The van der Waals surface area contributed by atoms with Gasteiger partial charge in [0.2, 0.25) is 47.3 Å². The van der Waals surface area contributed by atoms with Crippen LogP contribution in [0.3, 0.4) is 0 Å². The Hall–Kier alpha value is -20.1. The van der Waals surface area contributed by atoms with Crippen LogP contribution in [0.4, 0.5) is 9.59 Å². The lowest BCUT2D eigenvalue weighted by Gasteiger charge is -2.36. The minimum absolute atomic E-state index is 0.0205. The first kappa shape index (κ1) is 105. The lowest BCUT2D eigenvalue weighted by molar-refractivity contribution is -0.154. The van der Waals surface area contributed by atoms with Gasteiger partial charge in [0.05, 0.1) is 12.5 Å². The molecular formula is C118H88N10O18. The molecule has 7 aliphatic rings. The number of carbonyl (C=O) groups is 11. The number of carbonyl (C=O) groups excluding carboxylic acids is 11. The van der Waals surface area contributed by atoms with E-state index in [1.807, 2.05) is 48.5 Å². The molecule has 0 bridgehead atoms. The molecule has 7 heterocycles.